The minimum atomic E-state index is -2.20. The molecule has 0 saturated carbocycles. The molecule has 0 bridgehead atoms. The van der Waals surface area contributed by atoms with E-state index in [0.717, 1.165) is 0 Å². The number of benzene rings is 2. The van der Waals surface area contributed by atoms with Gasteiger partial charge in [-0.15, -0.1) is 0 Å². The molecular formula is C12H10FOP. The SMILES string of the molecule is O=[PH](c1ccccc1)c1ccccc1F. The summed E-state index contributed by atoms with van der Waals surface area (Å²) in [6.07, 6.45) is 0. The van der Waals surface area contributed by atoms with Crippen molar-refractivity contribution in [3.8, 4) is 0 Å². The van der Waals surface area contributed by atoms with Gasteiger partial charge in [-0.25, -0.2) is 4.39 Å². The number of hydrogen-bond donors (Lipinski definition) is 0. The zero-order valence-electron chi connectivity index (χ0n) is 7.98. The van der Waals surface area contributed by atoms with Crippen molar-refractivity contribution in [2.24, 2.45) is 0 Å². The minimum Gasteiger partial charge on any atom is -0.317 e. The van der Waals surface area contributed by atoms with Crippen molar-refractivity contribution in [2.45, 2.75) is 0 Å². The summed E-state index contributed by atoms with van der Waals surface area (Å²) in [5.41, 5.74) is 0. The molecule has 0 aliphatic carbocycles. The largest absolute Gasteiger partial charge is 0.317 e. The van der Waals surface area contributed by atoms with Crippen LogP contribution in [0.3, 0.4) is 0 Å². The van der Waals surface area contributed by atoms with Crippen molar-refractivity contribution in [3.05, 3.63) is 60.4 Å². The molecular weight excluding hydrogens is 210 g/mol. The first-order valence-corrected chi connectivity index (χ1v) is 6.04. The highest BCUT2D eigenvalue weighted by molar-refractivity contribution is 7.61. The number of halogens is 1. The number of rotatable bonds is 2. The molecule has 0 fully saturated rings. The van der Waals surface area contributed by atoms with Gasteiger partial charge < -0.3 is 4.57 Å². The third-order valence-electron chi connectivity index (χ3n) is 2.15. The van der Waals surface area contributed by atoms with Gasteiger partial charge in [-0.1, -0.05) is 42.5 Å². The lowest BCUT2D eigenvalue weighted by atomic mass is 10.3. The van der Waals surface area contributed by atoms with Crippen LogP contribution >= 0.6 is 7.80 Å². The van der Waals surface area contributed by atoms with Gasteiger partial charge in [0.05, 0.1) is 0 Å². The van der Waals surface area contributed by atoms with Crippen molar-refractivity contribution < 1.29 is 8.96 Å². The zero-order chi connectivity index (χ0) is 10.7. The quantitative estimate of drug-likeness (QED) is 0.710. The first kappa shape index (κ1) is 10.1. The maximum absolute atomic E-state index is 13.4. The predicted octanol–water partition coefficient (Wildman–Crippen LogP) is 2.34. The Kier molecular flexibility index (Phi) is 2.98. The van der Waals surface area contributed by atoms with Crippen LogP contribution in [-0.4, -0.2) is 0 Å². The van der Waals surface area contributed by atoms with E-state index in [1.807, 2.05) is 6.07 Å². The van der Waals surface area contributed by atoms with E-state index in [4.69, 9.17) is 0 Å². The summed E-state index contributed by atoms with van der Waals surface area (Å²) in [7, 11) is -2.20. The second kappa shape index (κ2) is 4.41. The van der Waals surface area contributed by atoms with Crippen LogP contribution in [0.1, 0.15) is 0 Å². The third-order valence-corrected chi connectivity index (χ3v) is 3.91. The van der Waals surface area contributed by atoms with E-state index in [-0.39, 0.29) is 0 Å². The van der Waals surface area contributed by atoms with Crippen LogP contribution in [0.2, 0.25) is 0 Å². The lowest BCUT2D eigenvalue weighted by Gasteiger charge is -2.03. The molecule has 15 heavy (non-hydrogen) atoms. The Morgan fingerprint density at radius 1 is 0.867 bits per heavy atom. The van der Waals surface area contributed by atoms with Gasteiger partial charge in [0.25, 0.3) is 0 Å². The van der Waals surface area contributed by atoms with E-state index in [1.54, 1.807) is 42.5 Å². The van der Waals surface area contributed by atoms with Gasteiger partial charge >= 0.3 is 0 Å². The van der Waals surface area contributed by atoms with E-state index in [0.29, 0.717) is 10.6 Å². The summed E-state index contributed by atoms with van der Waals surface area (Å²) in [5.74, 6) is -0.398. The average Bonchev–Trinajstić information content (AvgIpc) is 2.30. The molecule has 0 aliphatic heterocycles. The van der Waals surface area contributed by atoms with Crippen LogP contribution in [0.15, 0.2) is 54.6 Å². The molecule has 0 aliphatic rings. The highest BCUT2D eigenvalue weighted by atomic mass is 31.1. The minimum absolute atomic E-state index is 0.300. The summed E-state index contributed by atoms with van der Waals surface area (Å²) < 4.78 is 25.4. The lowest BCUT2D eigenvalue weighted by molar-refractivity contribution is 0.594. The molecule has 2 aromatic carbocycles. The summed E-state index contributed by atoms with van der Waals surface area (Å²) in [4.78, 5) is 0. The summed E-state index contributed by atoms with van der Waals surface area (Å²) in [6.45, 7) is 0. The normalized spacial score (nSPS) is 12.3. The Labute approximate surface area is 88.4 Å². The molecule has 0 aromatic heterocycles. The highest BCUT2D eigenvalue weighted by Gasteiger charge is 2.10. The summed E-state index contributed by atoms with van der Waals surface area (Å²) in [5, 5.41) is 0.987. The van der Waals surface area contributed by atoms with Crippen molar-refractivity contribution in [2.75, 3.05) is 0 Å². The van der Waals surface area contributed by atoms with Crippen LogP contribution in [-0.2, 0) is 4.57 Å². The van der Waals surface area contributed by atoms with Gasteiger partial charge in [-0.3, -0.25) is 0 Å². The van der Waals surface area contributed by atoms with Crippen molar-refractivity contribution in [1.82, 2.24) is 0 Å². The fourth-order valence-corrected chi connectivity index (χ4v) is 2.74. The zero-order valence-corrected chi connectivity index (χ0v) is 8.98. The molecule has 1 atom stereocenters. The van der Waals surface area contributed by atoms with Gasteiger partial charge in [-0.05, 0) is 12.1 Å². The molecule has 0 amide bonds. The number of hydrogen-bond acceptors (Lipinski definition) is 1. The fourth-order valence-electron chi connectivity index (χ4n) is 1.39. The topological polar surface area (TPSA) is 17.1 Å². The van der Waals surface area contributed by atoms with E-state index in [1.165, 1.54) is 6.07 Å². The maximum Gasteiger partial charge on any atom is 0.134 e. The second-order valence-electron chi connectivity index (χ2n) is 3.17. The first-order valence-electron chi connectivity index (χ1n) is 4.63. The van der Waals surface area contributed by atoms with Gasteiger partial charge in [-0.2, -0.15) is 0 Å². The highest BCUT2D eigenvalue weighted by Crippen LogP contribution is 2.20. The molecule has 0 spiro atoms. The van der Waals surface area contributed by atoms with Gasteiger partial charge in [0.1, 0.15) is 13.6 Å². The Balaban J connectivity index is 2.42. The Hall–Kier alpha value is -1.40. The van der Waals surface area contributed by atoms with Crippen molar-refractivity contribution >= 4 is 18.4 Å². The Morgan fingerprint density at radius 3 is 2.13 bits per heavy atom. The van der Waals surface area contributed by atoms with Crippen LogP contribution < -0.4 is 10.6 Å². The van der Waals surface area contributed by atoms with E-state index in [9.17, 15) is 8.96 Å². The molecule has 76 valence electrons. The van der Waals surface area contributed by atoms with Crippen LogP contribution in [0.25, 0.3) is 0 Å². The van der Waals surface area contributed by atoms with Crippen LogP contribution in [0.4, 0.5) is 4.39 Å². The molecule has 1 unspecified atom stereocenters. The molecule has 0 N–H and O–H groups in total. The second-order valence-corrected chi connectivity index (χ2v) is 4.95. The van der Waals surface area contributed by atoms with E-state index < -0.39 is 13.6 Å². The molecule has 0 radical (unpaired) electrons. The lowest BCUT2D eigenvalue weighted by Crippen LogP contribution is -2.09. The summed E-state index contributed by atoms with van der Waals surface area (Å²) >= 11 is 0. The standard InChI is InChI=1S/C12H10FOP/c13-11-8-4-5-9-12(11)15(14)10-6-2-1-3-7-10/h1-9,15H. The molecule has 2 rings (SSSR count). The third kappa shape index (κ3) is 2.16. The van der Waals surface area contributed by atoms with Gasteiger partial charge in [0.2, 0.25) is 0 Å². The fraction of sp³-hybridized carbons (Fsp3) is 0. The maximum atomic E-state index is 13.4. The molecule has 0 saturated heterocycles. The summed E-state index contributed by atoms with van der Waals surface area (Å²) in [6, 6.07) is 15.2. The van der Waals surface area contributed by atoms with Crippen LogP contribution in [0, 0.1) is 5.82 Å². The van der Waals surface area contributed by atoms with E-state index in [2.05, 4.69) is 0 Å². The Morgan fingerprint density at radius 2 is 1.47 bits per heavy atom. The molecule has 2 aromatic rings. The monoisotopic (exact) mass is 220 g/mol. The molecule has 1 nitrogen and oxygen atoms in total. The van der Waals surface area contributed by atoms with E-state index >= 15 is 0 Å². The van der Waals surface area contributed by atoms with Gasteiger partial charge in [0, 0.05) is 10.6 Å². The predicted molar refractivity (Wildman–Crippen MR) is 61.1 cm³/mol. The Bertz CT molecular complexity index is 482. The van der Waals surface area contributed by atoms with Crippen LogP contribution in [0.5, 0.6) is 0 Å². The van der Waals surface area contributed by atoms with Crippen molar-refractivity contribution in [1.29, 1.82) is 0 Å². The first-order chi connectivity index (χ1) is 7.29. The van der Waals surface area contributed by atoms with Gasteiger partial charge in [0.15, 0.2) is 0 Å². The average molecular weight is 220 g/mol. The van der Waals surface area contributed by atoms with Crippen molar-refractivity contribution in [3.63, 3.8) is 0 Å². The smallest absolute Gasteiger partial charge is 0.134 e. The molecule has 3 heteroatoms. The molecule has 0 heterocycles.